The zero-order valence-corrected chi connectivity index (χ0v) is 13.5. The lowest BCUT2D eigenvalue weighted by Crippen LogP contribution is -2.30. The first-order chi connectivity index (χ1) is 10.5. The lowest BCUT2D eigenvalue weighted by molar-refractivity contribution is -0.124. The van der Waals surface area contributed by atoms with E-state index >= 15 is 0 Å². The Labute approximate surface area is 131 Å². The topological polar surface area (TPSA) is 51.2 Å². The number of methoxy groups -OCH3 is 1. The number of carbonyl (C=O) groups excluding carboxylic acids is 1. The molecule has 0 atom stereocenters. The summed E-state index contributed by atoms with van der Waals surface area (Å²) in [6.45, 7) is 5.84. The predicted molar refractivity (Wildman–Crippen MR) is 88.9 cm³/mol. The molecule has 0 radical (unpaired) electrons. The van der Waals surface area contributed by atoms with Crippen molar-refractivity contribution in [1.29, 1.82) is 0 Å². The van der Waals surface area contributed by atoms with Crippen molar-refractivity contribution in [2.75, 3.05) is 12.4 Å². The van der Waals surface area contributed by atoms with Gasteiger partial charge in [0.1, 0.15) is 11.6 Å². The summed E-state index contributed by atoms with van der Waals surface area (Å²) >= 11 is 0. The SMILES string of the molecule is CCC(C)(C)C(=O)Nc1cc(-c2ccccc2)c(OC)cn1. The highest BCUT2D eigenvalue weighted by molar-refractivity contribution is 5.94. The van der Waals surface area contributed by atoms with Crippen LogP contribution in [0.25, 0.3) is 11.1 Å². The van der Waals surface area contributed by atoms with Crippen molar-refractivity contribution in [2.24, 2.45) is 5.41 Å². The van der Waals surface area contributed by atoms with Crippen molar-refractivity contribution < 1.29 is 9.53 Å². The molecule has 0 fully saturated rings. The van der Waals surface area contributed by atoms with Crippen molar-refractivity contribution in [1.82, 2.24) is 4.98 Å². The van der Waals surface area contributed by atoms with E-state index < -0.39 is 5.41 Å². The van der Waals surface area contributed by atoms with Gasteiger partial charge in [0, 0.05) is 11.0 Å². The smallest absolute Gasteiger partial charge is 0.231 e. The minimum Gasteiger partial charge on any atom is -0.494 e. The van der Waals surface area contributed by atoms with E-state index in [2.05, 4.69) is 10.3 Å². The third kappa shape index (κ3) is 3.45. The van der Waals surface area contributed by atoms with E-state index in [0.29, 0.717) is 11.6 Å². The zero-order chi connectivity index (χ0) is 16.2. The quantitative estimate of drug-likeness (QED) is 0.903. The maximum atomic E-state index is 12.3. The molecule has 1 amide bonds. The summed E-state index contributed by atoms with van der Waals surface area (Å²) in [5, 5.41) is 2.89. The number of hydrogen-bond donors (Lipinski definition) is 1. The molecule has 0 saturated carbocycles. The van der Waals surface area contributed by atoms with Crippen LogP contribution in [0, 0.1) is 5.41 Å². The third-order valence-electron chi connectivity index (χ3n) is 3.91. The van der Waals surface area contributed by atoms with Crippen LogP contribution in [0.4, 0.5) is 5.82 Å². The van der Waals surface area contributed by atoms with Crippen LogP contribution in [0.15, 0.2) is 42.6 Å². The molecule has 0 aliphatic heterocycles. The van der Waals surface area contributed by atoms with E-state index in [-0.39, 0.29) is 5.91 Å². The largest absolute Gasteiger partial charge is 0.494 e. The molecule has 4 heteroatoms. The first-order valence-corrected chi connectivity index (χ1v) is 7.39. The summed E-state index contributed by atoms with van der Waals surface area (Å²) in [5.41, 5.74) is 1.50. The number of amides is 1. The van der Waals surface area contributed by atoms with Gasteiger partial charge in [0.15, 0.2) is 0 Å². The Morgan fingerprint density at radius 2 is 1.95 bits per heavy atom. The fourth-order valence-corrected chi connectivity index (χ4v) is 1.96. The summed E-state index contributed by atoms with van der Waals surface area (Å²) in [5.74, 6) is 1.18. The van der Waals surface area contributed by atoms with Gasteiger partial charge in [0.2, 0.25) is 5.91 Å². The van der Waals surface area contributed by atoms with E-state index in [1.54, 1.807) is 13.3 Å². The molecule has 0 saturated heterocycles. The molecule has 0 aliphatic rings. The lowest BCUT2D eigenvalue weighted by Gasteiger charge is -2.21. The Kier molecular flexibility index (Phi) is 4.81. The van der Waals surface area contributed by atoms with Crippen LogP contribution in [-0.2, 0) is 4.79 Å². The molecule has 1 N–H and O–H groups in total. The number of carbonyl (C=O) groups is 1. The molecule has 0 bridgehead atoms. The fraction of sp³-hybridized carbons (Fsp3) is 0.333. The molecule has 0 spiro atoms. The number of hydrogen-bond acceptors (Lipinski definition) is 3. The van der Waals surface area contributed by atoms with Crippen molar-refractivity contribution in [3.63, 3.8) is 0 Å². The Balaban J connectivity index is 2.34. The third-order valence-corrected chi connectivity index (χ3v) is 3.91. The molecule has 116 valence electrons. The fourth-order valence-electron chi connectivity index (χ4n) is 1.96. The van der Waals surface area contributed by atoms with Crippen LogP contribution in [-0.4, -0.2) is 18.0 Å². The molecule has 1 heterocycles. The van der Waals surface area contributed by atoms with Gasteiger partial charge in [-0.3, -0.25) is 4.79 Å². The summed E-state index contributed by atoms with van der Waals surface area (Å²) in [6, 6.07) is 11.7. The van der Waals surface area contributed by atoms with Gasteiger partial charge in [-0.25, -0.2) is 4.98 Å². The minimum absolute atomic E-state index is 0.0355. The molecule has 2 rings (SSSR count). The number of pyridine rings is 1. The van der Waals surface area contributed by atoms with E-state index in [4.69, 9.17) is 4.74 Å². The van der Waals surface area contributed by atoms with E-state index in [1.165, 1.54) is 0 Å². The maximum Gasteiger partial charge on any atom is 0.231 e. The number of ether oxygens (including phenoxy) is 1. The van der Waals surface area contributed by atoms with Crippen molar-refractivity contribution in [3.8, 4) is 16.9 Å². The molecular weight excluding hydrogens is 276 g/mol. The number of aromatic nitrogens is 1. The van der Waals surface area contributed by atoms with Crippen LogP contribution in [0.5, 0.6) is 5.75 Å². The molecule has 1 aromatic heterocycles. The van der Waals surface area contributed by atoms with Crippen molar-refractivity contribution in [2.45, 2.75) is 27.2 Å². The highest BCUT2D eigenvalue weighted by Crippen LogP contribution is 2.31. The molecule has 22 heavy (non-hydrogen) atoms. The van der Waals surface area contributed by atoms with E-state index in [9.17, 15) is 4.79 Å². The van der Waals surface area contributed by atoms with Gasteiger partial charge in [0.25, 0.3) is 0 Å². The van der Waals surface area contributed by atoms with Crippen LogP contribution >= 0.6 is 0 Å². The van der Waals surface area contributed by atoms with Crippen molar-refractivity contribution in [3.05, 3.63) is 42.6 Å². The highest BCUT2D eigenvalue weighted by Gasteiger charge is 2.25. The Morgan fingerprint density at radius 3 is 2.55 bits per heavy atom. The van der Waals surface area contributed by atoms with Crippen molar-refractivity contribution >= 4 is 11.7 Å². The predicted octanol–water partition coefficient (Wildman–Crippen LogP) is 4.13. The summed E-state index contributed by atoms with van der Waals surface area (Å²) in [4.78, 5) is 16.6. The van der Waals surface area contributed by atoms with Gasteiger partial charge in [-0.15, -0.1) is 0 Å². The zero-order valence-electron chi connectivity index (χ0n) is 13.5. The second-order valence-corrected chi connectivity index (χ2v) is 5.83. The minimum atomic E-state index is -0.422. The Bertz CT molecular complexity index is 651. The molecule has 0 unspecified atom stereocenters. The lowest BCUT2D eigenvalue weighted by atomic mass is 9.89. The molecule has 1 aromatic carbocycles. The van der Waals surface area contributed by atoms with Gasteiger partial charge in [0.05, 0.1) is 13.3 Å². The molecule has 0 aliphatic carbocycles. The first-order valence-electron chi connectivity index (χ1n) is 7.39. The standard InChI is InChI=1S/C18H22N2O2/c1-5-18(2,3)17(21)20-16-11-14(15(22-4)12-19-16)13-9-7-6-8-10-13/h6-12H,5H2,1-4H3,(H,19,20,21). The normalized spacial score (nSPS) is 11.1. The van der Waals surface area contributed by atoms with Gasteiger partial charge in [-0.2, -0.15) is 0 Å². The van der Waals surface area contributed by atoms with Gasteiger partial charge in [-0.05, 0) is 18.1 Å². The number of nitrogens with one attached hydrogen (secondary N) is 1. The average Bonchev–Trinajstić information content (AvgIpc) is 2.55. The summed E-state index contributed by atoms with van der Waals surface area (Å²) < 4.78 is 5.37. The van der Waals surface area contributed by atoms with Crippen LogP contribution in [0.1, 0.15) is 27.2 Å². The summed E-state index contributed by atoms with van der Waals surface area (Å²) in [6.07, 6.45) is 2.40. The second-order valence-electron chi connectivity index (χ2n) is 5.83. The first kappa shape index (κ1) is 16.0. The number of nitrogens with zero attached hydrogens (tertiary/aromatic N) is 1. The molecule has 4 nitrogen and oxygen atoms in total. The monoisotopic (exact) mass is 298 g/mol. The summed E-state index contributed by atoms with van der Waals surface area (Å²) in [7, 11) is 1.61. The average molecular weight is 298 g/mol. The molecule has 2 aromatic rings. The molecular formula is C18H22N2O2. The number of benzene rings is 1. The van der Waals surface area contributed by atoms with E-state index in [0.717, 1.165) is 17.5 Å². The second kappa shape index (κ2) is 6.60. The maximum absolute atomic E-state index is 12.3. The Morgan fingerprint density at radius 1 is 1.27 bits per heavy atom. The van der Waals surface area contributed by atoms with Gasteiger partial charge >= 0.3 is 0 Å². The highest BCUT2D eigenvalue weighted by atomic mass is 16.5. The number of anilines is 1. The van der Waals surface area contributed by atoms with Crippen LogP contribution in [0.2, 0.25) is 0 Å². The van der Waals surface area contributed by atoms with Crippen LogP contribution < -0.4 is 10.1 Å². The Hall–Kier alpha value is -2.36. The van der Waals surface area contributed by atoms with Crippen LogP contribution in [0.3, 0.4) is 0 Å². The number of rotatable bonds is 5. The van der Waals surface area contributed by atoms with Gasteiger partial charge in [-0.1, -0.05) is 51.1 Å². The van der Waals surface area contributed by atoms with Gasteiger partial charge < -0.3 is 10.1 Å². The van der Waals surface area contributed by atoms with E-state index in [1.807, 2.05) is 57.2 Å².